The first-order chi connectivity index (χ1) is 16.2. The predicted molar refractivity (Wildman–Crippen MR) is 121 cm³/mol. The maximum absolute atomic E-state index is 13.1. The summed E-state index contributed by atoms with van der Waals surface area (Å²) in [4.78, 5) is 61.7. The molecule has 0 aromatic rings. The lowest BCUT2D eigenvalue weighted by Crippen LogP contribution is -2.55. The summed E-state index contributed by atoms with van der Waals surface area (Å²) in [6, 6.07) is -2.13. The molecule has 34 heavy (non-hydrogen) atoms. The van der Waals surface area contributed by atoms with Crippen LogP contribution in [0.1, 0.15) is 51.4 Å². The number of nitrogens with one attached hydrogen (secondary N) is 4. The normalized spacial score (nSPS) is 20.3. The van der Waals surface area contributed by atoms with E-state index >= 15 is 0 Å². The number of allylic oxidation sites excluding steroid dienone is 1. The van der Waals surface area contributed by atoms with E-state index in [1.165, 1.54) is 0 Å². The highest BCUT2D eigenvalue weighted by Gasteiger charge is 2.35. The van der Waals surface area contributed by atoms with Gasteiger partial charge in [-0.05, 0) is 44.4 Å². The summed E-state index contributed by atoms with van der Waals surface area (Å²) in [5.74, 6) is -3.68. The van der Waals surface area contributed by atoms with E-state index < -0.39 is 54.3 Å². The van der Waals surface area contributed by atoms with E-state index in [1.807, 2.05) is 0 Å². The average molecular weight is 483 g/mol. The lowest BCUT2D eigenvalue weighted by molar-refractivity contribution is -0.141. The van der Waals surface area contributed by atoms with Gasteiger partial charge in [0, 0.05) is 19.0 Å². The molecule has 190 valence electrons. The first-order valence-corrected chi connectivity index (χ1v) is 11.8. The molecule has 1 unspecified atom stereocenters. The van der Waals surface area contributed by atoms with Crippen LogP contribution in [0.3, 0.4) is 0 Å². The molecule has 10 nitrogen and oxygen atoms in total. The molecule has 0 spiro atoms. The van der Waals surface area contributed by atoms with E-state index in [2.05, 4.69) is 27.8 Å². The monoisotopic (exact) mass is 482 g/mol. The van der Waals surface area contributed by atoms with Crippen LogP contribution in [0.15, 0.2) is 12.7 Å². The van der Waals surface area contributed by atoms with E-state index in [0.29, 0.717) is 25.8 Å². The van der Waals surface area contributed by atoms with Gasteiger partial charge in [0.1, 0.15) is 18.8 Å². The third-order valence-electron chi connectivity index (χ3n) is 6.07. The second-order valence-electron chi connectivity index (χ2n) is 8.91. The molecule has 2 rings (SSSR count). The third-order valence-corrected chi connectivity index (χ3v) is 6.07. The molecular formula is C23H35FN4O6. The molecule has 1 aliphatic heterocycles. The van der Waals surface area contributed by atoms with Crippen molar-refractivity contribution < 1.29 is 33.5 Å². The SMILES string of the molecule is C=CC(F)CCCNC(=O)C(=O)N[C@@H](CC1CC1)C(=O)N[C@@H](C[C@@H]1CCCNC1=O)C(=O)CO. The Bertz CT molecular complexity index is 773. The number of ketones is 1. The van der Waals surface area contributed by atoms with Gasteiger partial charge >= 0.3 is 11.8 Å². The molecule has 0 aromatic carbocycles. The number of amides is 4. The van der Waals surface area contributed by atoms with Crippen molar-refractivity contribution in [1.82, 2.24) is 21.3 Å². The molecule has 0 radical (unpaired) electrons. The Hall–Kier alpha value is -2.82. The highest BCUT2D eigenvalue weighted by molar-refractivity contribution is 6.35. The number of carbonyl (C=O) groups is 5. The van der Waals surface area contributed by atoms with Crippen LogP contribution in [-0.4, -0.2) is 72.5 Å². The van der Waals surface area contributed by atoms with Crippen LogP contribution < -0.4 is 21.3 Å². The maximum Gasteiger partial charge on any atom is 0.309 e. The summed E-state index contributed by atoms with van der Waals surface area (Å²) >= 11 is 0. The summed E-state index contributed by atoms with van der Waals surface area (Å²) in [6.07, 6.45) is 3.89. The minimum absolute atomic E-state index is 0.0435. The number of aliphatic hydroxyl groups excluding tert-OH is 1. The summed E-state index contributed by atoms with van der Waals surface area (Å²) in [5.41, 5.74) is 0. The molecule has 1 saturated carbocycles. The Labute approximate surface area is 198 Å². The molecule has 1 aliphatic carbocycles. The van der Waals surface area contributed by atoms with Gasteiger partial charge in [0.05, 0.1) is 6.04 Å². The van der Waals surface area contributed by atoms with Gasteiger partial charge in [0.15, 0.2) is 5.78 Å². The summed E-state index contributed by atoms with van der Waals surface area (Å²) in [7, 11) is 0. The molecule has 5 N–H and O–H groups in total. The quantitative estimate of drug-likeness (QED) is 0.130. The molecule has 4 amide bonds. The zero-order valence-corrected chi connectivity index (χ0v) is 19.3. The van der Waals surface area contributed by atoms with Crippen LogP contribution in [0.2, 0.25) is 0 Å². The van der Waals surface area contributed by atoms with Gasteiger partial charge in [-0.15, -0.1) is 6.58 Å². The Morgan fingerprint density at radius 3 is 2.47 bits per heavy atom. The number of hydrogen-bond donors (Lipinski definition) is 5. The highest BCUT2D eigenvalue weighted by atomic mass is 19.1. The Morgan fingerprint density at radius 2 is 1.85 bits per heavy atom. The maximum atomic E-state index is 13.1. The number of hydrogen-bond acceptors (Lipinski definition) is 6. The number of Topliss-reactive ketones (excluding diaryl/α,β-unsaturated/α-hetero) is 1. The van der Waals surface area contributed by atoms with Gasteiger partial charge in [-0.1, -0.05) is 18.9 Å². The van der Waals surface area contributed by atoms with Crippen LogP contribution >= 0.6 is 0 Å². The first-order valence-electron chi connectivity index (χ1n) is 11.8. The first kappa shape index (κ1) is 27.4. The minimum Gasteiger partial charge on any atom is -0.389 e. The molecular weight excluding hydrogens is 447 g/mol. The highest BCUT2D eigenvalue weighted by Crippen LogP contribution is 2.33. The number of carbonyl (C=O) groups excluding carboxylic acids is 5. The van der Waals surface area contributed by atoms with E-state index in [4.69, 9.17) is 0 Å². The molecule has 1 heterocycles. The van der Waals surface area contributed by atoms with Crippen molar-refractivity contribution in [3.63, 3.8) is 0 Å². The number of halogens is 1. The summed E-state index contributed by atoms with van der Waals surface area (Å²) in [6.45, 7) is 3.19. The van der Waals surface area contributed by atoms with Crippen molar-refractivity contribution in [2.24, 2.45) is 11.8 Å². The fourth-order valence-electron chi connectivity index (χ4n) is 3.84. The van der Waals surface area contributed by atoms with Crippen LogP contribution in [0.4, 0.5) is 4.39 Å². The summed E-state index contributed by atoms with van der Waals surface area (Å²) in [5, 5.41) is 19.4. The van der Waals surface area contributed by atoms with Crippen LogP contribution in [0, 0.1) is 11.8 Å². The molecule has 2 fully saturated rings. The predicted octanol–water partition coefficient (Wildman–Crippen LogP) is -0.346. The zero-order valence-electron chi connectivity index (χ0n) is 19.3. The molecule has 0 bridgehead atoms. The van der Waals surface area contributed by atoms with Crippen molar-refractivity contribution in [2.75, 3.05) is 19.7 Å². The van der Waals surface area contributed by atoms with Crippen molar-refractivity contribution in [2.45, 2.75) is 69.6 Å². The standard InChI is InChI=1S/C23H35FN4O6/c1-2-16(24)6-4-10-26-22(33)23(34)28-18(11-14-7-8-14)21(32)27-17(19(30)13-29)12-15-5-3-9-25-20(15)31/h2,14-18,29H,1,3-13H2,(H,25,31)(H,26,33)(H,27,32)(H,28,34)/t15-,16?,17-,18-/m0/s1. The fourth-order valence-corrected chi connectivity index (χ4v) is 3.84. The largest absolute Gasteiger partial charge is 0.389 e. The number of aliphatic hydroxyl groups is 1. The molecule has 4 atom stereocenters. The molecule has 2 aliphatic rings. The van der Waals surface area contributed by atoms with Crippen molar-refractivity contribution in [3.8, 4) is 0 Å². The number of alkyl halides is 1. The zero-order chi connectivity index (χ0) is 25.1. The van der Waals surface area contributed by atoms with Gasteiger partial charge < -0.3 is 26.4 Å². The van der Waals surface area contributed by atoms with E-state index in [9.17, 15) is 33.5 Å². The topological polar surface area (TPSA) is 154 Å². The third kappa shape index (κ3) is 9.20. The van der Waals surface area contributed by atoms with Crippen molar-refractivity contribution in [3.05, 3.63) is 12.7 Å². The molecule has 0 aromatic heterocycles. The van der Waals surface area contributed by atoms with Gasteiger partial charge in [0.25, 0.3) is 0 Å². The van der Waals surface area contributed by atoms with Gasteiger partial charge in [0.2, 0.25) is 11.8 Å². The average Bonchev–Trinajstić information content (AvgIpc) is 3.65. The smallest absolute Gasteiger partial charge is 0.309 e. The lowest BCUT2D eigenvalue weighted by atomic mass is 9.90. The van der Waals surface area contributed by atoms with Gasteiger partial charge in [-0.2, -0.15) is 0 Å². The van der Waals surface area contributed by atoms with Crippen LogP contribution in [-0.2, 0) is 24.0 Å². The molecule has 11 heteroatoms. The number of rotatable bonds is 14. The minimum atomic E-state index is -1.19. The Balaban J connectivity index is 1.94. The van der Waals surface area contributed by atoms with E-state index in [-0.39, 0.29) is 31.2 Å². The number of piperidine rings is 1. The van der Waals surface area contributed by atoms with E-state index in [1.54, 1.807) is 0 Å². The second kappa shape index (κ2) is 13.8. The van der Waals surface area contributed by atoms with Crippen LogP contribution in [0.5, 0.6) is 0 Å². The van der Waals surface area contributed by atoms with Crippen LogP contribution in [0.25, 0.3) is 0 Å². The van der Waals surface area contributed by atoms with Crippen molar-refractivity contribution in [1.29, 1.82) is 0 Å². The van der Waals surface area contributed by atoms with Gasteiger partial charge in [-0.25, -0.2) is 4.39 Å². The Morgan fingerprint density at radius 1 is 1.12 bits per heavy atom. The fraction of sp³-hybridized carbons (Fsp3) is 0.696. The van der Waals surface area contributed by atoms with Crippen molar-refractivity contribution >= 4 is 29.4 Å². The summed E-state index contributed by atoms with van der Waals surface area (Å²) < 4.78 is 13.1. The van der Waals surface area contributed by atoms with E-state index in [0.717, 1.165) is 25.3 Å². The molecule has 1 saturated heterocycles. The lowest BCUT2D eigenvalue weighted by Gasteiger charge is -2.27. The second-order valence-corrected chi connectivity index (χ2v) is 8.91. The van der Waals surface area contributed by atoms with Gasteiger partial charge in [-0.3, -0.25) is 24.0 Å². The Kier molecular flexibility index (Phi) is 11.1.